The predicted octanol–water partition coefficient (Wildman–Crippen LogP) is 5.42. The van der Waals surface area contributed by atoms with Crippen molar-refractivity contribution in [2.75, 3.05) is 7.05 Å². The van der Waals surface area contributed by atoms with Crippen LogP contribution in [0.1, 0.15) is 33.6 Å². The maximum absolute atomic E-state index is 12.9. The highest BCUT2D eigenvalue weighted by molar-refractivity contribution is 6.31. The first-order valence-electron chi connectivity index (χ1n) is 9.72. The lowest BCUT2D eigenvalue weighted by molar-refractivity contribution is -0.138. The van der Waals surface area contributed by atoms with Crippen LogP contribution < -0.4 is 0 Å². The van der Waals surface area contributed by atoms with Gasteiger partial charge in [0.1, 0.15) is 0 Å². The van der Waals surface area contributed by atoms with E-state index in [2.05, 4.69) is 5.10 Å². The molecule has 0 aliphatic heterocycles. The molecule has 0 aliphatic carbocycles. The summed E-state index contributed by atoms with van der Waals surface area (Å²) in [4.78, 5) is 14.2. The van der Waals surface area contributed by atoms with E-state index in [0.717, 1.165) is 34.6 Å². The fourth-order valence-electron chi connectivity index (χ4n) is 3.40. The third-order valence-electron chi connectivity index (χ3n) is 5.24. The van der Waals surface area contributed by atoms with Crippen LogP contribution in [-0.4, -0.2) is 27.6 Å². The zero-order valence-corrected chi connectivity index (χ0v) is 18.3. The Morgan fingerprint density at radius 2 is 1.84 bits per heavy atom. The van der Waals surface area contributed by atoms with Crippen molar-refractivity contribution in [3.8, 4) is 0 Å². The van der Waals surface area contributed by atoms with Gasteiger partial charge in [0.25, 0.3) is 0 Å². The number of carbonyl (C=O) groups excluding carboxylic acids is 1. The van der Waals surface area contributed by atoms with E-state index < -0.39 is 11.7 Å². The van der Waals surface area contributed by atoms with Crippen molar-refractivity contribution in [2.45, 2.75) is 39.5 Å². The van der Waals surface area contributed by atoms with Crippen molar-refractivity contribution in [1.29, 1.82) is 0 Å². The molecule has 3 aromatic rings. The van der Waals surface area contributed by atoms with Gasteiger partial charge in [-0.25, -0.2) is 0 Å². The molecule has 0 fully saturated rings. The summed E-state index contributed by atoms with van der Waals surface area (Å²) >= 11 is 6.25. The molecule has 31 heavy (non-hydrogen) atoms. The number of halogens is 4. The SMILES string of the molecule is Cc1nn(Cc2ccccc2Cl)c(C)c1CN(C)C(=O)Cc1cccc(C(F)(F)F)c1. The predicted molar refractivity (Wildman–Crippen MR) is 114 cm³/mol. The molecule has 0 spiro atoms. The standard InChI is InChI=1S/C23H23ClF3N3O/c1-15-20(16(2)30(28-15)13-18-8-4-5-10-21(18)24)14-29(3)22(31)12-17-7-6-9-19(11-17)23(25,26)27/h4-11H,12-14H2,1-3H3. The second-order valence-corrected chi connectivity index (χ2v) is 7.93. The third kappa shape index (κ3) is 5.47. The summed E-state index contributed by atoms with van der Waals surface area (Å²) < 4.78 is 40.6. The number of nitrogens with zero attached hydrogens (tertiary/aromatic N) is 3. The highest BCUT2D eigenvalue weighted by Crippen LogP contribution is 2.29. The van der Waals surface area contributed by atoms with Gasteiger partial charge in [-0.1, -0.05) is 48.0 Å². The van der Waals surface area contributed by atoms with Gasteiger partial charge in [0.05, 0.1) is 24.2 Å². The Balaban J connectivity index is 1.72. The maximum atomic E-state index is 12.9. The summed E-state index contributed by atoms with van der Waals surface area (Å²) in [5.74, 6) is -0.267. The molecule has 1 heterocycles. The lowest BCUT2D eigenvalue weighted by Crippen LogP contribution is -2.28. The summed E-state index contributed by atoms with van der Waals surface area (Å²) in [6.07, 6.45) is -4.54. The van der Waals surface area contributed by atoms with Gasteiger partial charge >= 0.3 is 6.18 Å². The highest BCUT2D eigenvalue weighted by atomic mass is 35.5. The molecule has 3 rings (SSSR count). The first-order valence-corrected chi connectivity index (χ1v) is 10.1. The van der Waals surface area contributed by atoms with E-state index in [0.29, 0.717) is 23.7 Å². The second kappa shape index (κ2) is 9.14. The van der Waals surface area contributed by atoms with Crippen molar-refractivity contribution >= 4 is 17.5 Å². The van der Waals surface area contributed by atoms with Crippen LogP contribution in [0.4, 0.5) is 13.2 Å². The van der Waals surface area contributed by atoms with E-state index >= 15 is 0 Å². The minimum Gasteiger partial charge on any atom is -0.341 e. The van der Waals surface area contributed by atoms with Crippen molar-refractivity contribution in [2.24, 2.45) is 0 Å². The molecule has 0 saturated heterocycles. The molecule has 0 bridgehead atoms. The van der Waals surface area contributed by atoms with Gasteiger partial charge < -0.3 is 4.90 Å². The van der Waals surface area contributed by atoms with E-state index in [9.17, 15) is 18.0 Å². The number of aromatic nitrogens is 2. The molecule has 0 saturated carbocycles. The van der Waals surface area contributed by atoms with E-state index in [1.165, 1.54) is 17.0 Å². The maximum Gasteiger partial charge on any atom is 0.416 e. The molecule has 0 atom stereocenters. The number of likely N-dealkylation sites (N-methyl/N-ethyl adjacent to an activating group) is 1. The quantitative estimate of drug-likeness (QED) is 0.504. The molecule has 2 aromatic carbocycles. The van der Waals surface area contributed by atoms with E-state index in [4.69, 9.17) is 11.6 Å². The molecule has 0 N–H and O–H groups in total. The Kier molecular flexibility index (Phi) is 6.74. The van der Waals surface area contributed by atoms with Crippen molar-refractivity contribution in [3.05, 3.63) is 87.2 Å². The first-order chi connectivity index (χ1) is 14.6. The number of carbonyl (C=O) groups is 1. The fraction of sp³-hybridized carbons (Fsp3) is 0.304. The average molecular weight is 450 g/mol. The molecule has 0 aliphatic rings. The Hall–Kier alpha value is -2.80. The van der Waals surface area contributed by atoms with Crippen LogP contribution >= 0.6 is 11.6 Å². The van der Waals surface area contributed by atoms with Gasteiger partial charge in [0, 0.05) is 29.9 Å². The molecular formula is C23H23ClF3N3O. The number of rotatable bonds is 6. The van der Waals surface area contributed by atoms with Gasteiger partial charge in [-0.2, -0.15) is 18.3 Å². The average Bonchev–Trinajstić information content (AvgIpc) is 2.96. The number of alkyl halides is 3. The van der Waals surface area contributed by atoms with Crippen molar-refractivity contribution in [3.63, 3.8) is 0 Å². The zero-order chi connectivity index (χ0) is 22.8. The summed E-state index contributed by atoms with van der Waals surface area (Å²) in [6, 6.07) is 12.4. The second-order valence-electron chi connectivity index (χ2n) is 7.52. The molecular weight excluding hydrogens is 427 g/mol. The van der Waals surface area contributed by atoms with Crippen LogP contribution in [0.15, 0.2) is 48.5 Å². The van der Waals surface area contributed by atoms with E-state index in [1.54, 1.807) is 7.05 Å². The van der Waals surface area contributed by atoms with Crippen LogP contribution in [-0.2, 0) is 30.5 Å². The molecule has 164 valence electrons. The summed E-state index contributed by atoms with van der Waals surface area (Å²) in [6.45, 7) is 4.63. The van der Waals surface area contributed by atoms with Crippen LogP contribution in [0.3, 0.4) is 0 Å². The lowest BCUT2D eigenvalue weighted by atomic mass is 10.1. The molecule has 8 heteroatoms. The van der Waals surface area contributed by atoms with Gasteiger partial charge in [-0.05, 0) is 37.1 Å². The molecule has 1 amide bonds. The summed E-state index contributed by atoms with van der Waals surface area (Å²) in [5.41, 5.74) is 3.13. The van der Waals surface area contributed by atoms with Crippen LogP contribution in [0.2, 0.25) is 5.02 Å². The number of amides is 1. The normalized spacial score (nSPS) is 11.6. The van der Waals surface area contributed by atoms with Crippen molar-refractivity contribution < 1.29 is 18.0 Å². The van der Waals surface area contributed by atoms with E-state index in [-0.39, 0.29) is 12.3 Å². The van der Waals surface area contributed by atoms with Gasteiger partial charge in [-0.3, -0.25) is 9.48 Å². The number of benzene rings is 2. The molecule has 1 aromatic heterocycles. The van der Waals surface area contributed by atoms with Crippen LogP contribution in [0, 0.1) is 13.8 Å². The Morgan fingerprint density at radius 1 is 1.13 bits per heavy atom. The monoisotopic (exact) mass is 449 g/mol. The van der Waals surface area contributed by atoms with Gasteiger partial charge in [-0.15, -0.1) is 0 Å². The van der Waals surface area contributed by atoms with Crippen molar-refractivity contribution in [1.82, 2.24) is 14.7 Å². The molecule has 4 nitrogen and oxygen atoms in total. The Morgan fingerprint density at radius 3 is 2.52 bits per heavy atom. The zero-order valence-electron chi connectivity index (χ0n) is 17.5. The number of aryl methyl sites for hydroxylation is 1. The molecule has 0 unspecified atom stereocenters. The summed E-state index contributed by atoms with van der Waals surface area (Å²) in [7, 11) is 1.64. The number of hydrogen-bond acceptors (Lipinski definition) is 2. The smallest absolute Gasteiger partial charge is 0.341 e. The van der Waals surface area contributed by atoms with Gasteiger partial charge in [0.15, 0.2) is 0 Å². The molecule has 0 radical (unpaired) electrons. The fourth-order valence-corrected chi connectivity index (χ4v) is 3.59. The Labute approximate surface area is 184 Å². The topological polar surface area (TPSA) is 38.1 Å². The Bertz CT molecular complexity index is 1090. The van der Waals surface area contributed by atoms with Crippen LogP contribution in [0.25, 0.3) is 0 Å². The van der Waals surface area contributed by atoms with Gasteiger partial charge in [0.2, 0.25) is 5.91 Å². The summed E-state index contributed by atoms with van der Waals surface area (Å²) in [5, 5.41) is 5.23. The third-order valence-corrected chi connectivity index (χ3v) is 5.61. The first kappa shape index (κ1) is 22.9. The highest BCUT2D eigenvalue weighted by Gasteiger charge is 2.30. The lowest BCUT2D eigenvalue weighted by Gasteiger charge is -2.18. The largest absolute Gasteiger partial charge is 0.416 e. The number of hydrogen-bond donors (Lipinski definition) is 0. The minimum atomic E-state index is -4.44. The van der Waals surface area contributed by atoms with Crippen LogP contribution in [0.5, 0.6) is 0 Å². The van der Waals surface area contributed by atoms with E-state index in [1.807, 2.05) is 42.8 Å². The minimum absolute atomic E-state index is 0.105.